The van der Waals surface area contributed by atoms with Gasteiger partial charge in [-0.05, 0) is 42.4 Å². The Kier molecular flexibility index (Phi) is 3.89. The molecule has 0 amide bonds. The summed E-state index contributed by atoms with van der Waals surface area (Å²) in [5, 5.41) is 1.06. The highest BCUT2D eigenvalue weighted by molar-refractivity contribution is 7.99. The maximum atomic E-state index is 5.95. The summed E-state index contributed by atoms with van der Waals surface area (Å²) in [5.41, 5.74) is 7.79. The summed E-state index contributed by atoms with van der Waals surface area (Å²) >= 11 is 1.87. The van der Waals surface area contributed by atoms with E-state index in [-0.39, 0.29) is 0 Å². The number of nitrogens with zero attached hydrogens (tertiary/aromatic N) is 1. The molecule has 0 aliphatic rings. The number of fused-ring (bicyclic) bond motifs is 1. The van der Waals surface area contributed by atoms with Gasteiger partial charge in [-0.1, -0.05) is 13.8 Å². The van der Waals surface area contributed by atoms with Crippen molar-refractivity contribution in [3.63, 3.8) is 0 Å². The third-order valence-corrected chi connectivity index (χ3v) is 3.80. The van der Waals surface area contributed by atoms with Crippen LogP contribution in [0.15, 0.2) is 35.4 Å². The largest absolute Gasteiger partial charge is 0.398 e. The highest BCUT2D eigenvalue weighted by Crippen LogP contribution is 2.30. The molecule has 0 aliphatic carbocycles. The van der Waals surface area contributed by atoms with Crippen LogP contribution in [0.3, 0.4) is 0 Å². The molecule has 0 aliphatic heterocycles. The fourth-order valence-corrected chi connectivity index (χ4v) is 2.96. The van der Waals surface area contributed by atoms with Gasteiger partial charge in [-0.2, -0.15) is 0 Å². The summed E-state index contributed by atoms with van der Waals surface area (Å²) in [6, 6.07) is 8.02. The van der Waals surface area contributed by atoms with E-state index in [0.29, 0.717) is 0 Å². The normalized spacial score (nSPS) is 11.2. The van der Waals surface area contributed by atoms with E-state index in [2.05, 4.69) is 24.9 Å². The second-order valence-corrected chi connectivity index (χ2v) is 5.72. The smallest absolute Gasteiger partial charge is 0.0858 e. The molecule has 0 bridgehead atoms. The monoisotopic (exact) mass is 246 g/mol. The molecule has 0 unspecified atom stereocenters. The third-order valence-electron chi connectivity index (χ3n) is 2.72. The second kappa shape index (κ2) is 5.41. The molecule has 0 atom stereocenters. The topological polar surface area (TPSA) is 38.9 Å². The summed E-state index contributed by atoms with van der Waals surface area (Å²) < 4.78 is 0. The Morgan fingerprint density at radius 3 is 2.88 bits per heavy atom. The molecule has 1 aromatic carbocycles. The predicted octanol–water partition coefficient (Wildman–Crippen LogP) is 3.96. The first kappa shape index (κ1) is 12.2. The van der Waals surface area contributed by atoms with Gasteiger partial charge >= 0.3 is 0 Å². The van der Waals surface area contributed by atoms with Crippen LogP contribution >= 0.6 is 11.8 Å². The number of rotatable bonds is 4. The van der Waals surface area contributed by atoms with Crippen LogP contribution in [0.2, 0.25) is 0 Å². The Balaban J connectivity index is 2.26. The molecule has 3 heteroatoms. The van der Waals surface area contributed by atoms with Crippen LogP contribution in [0, 0.1) is 5.92 Å². The highest BCUT2D eigenvalue weighted by atomic mass is 32.2. The number of hydrogen-bond acceptors (Lipinski definition) is 3. The lowest BCUT2D eigenvalue weighted by atomic mass is 10.2. The molecule has 90 valence electrons. The Morgan fingerprint density at radius 2 is 2.12 bits per heavy atom. The van der Waals surface area contributed by atoms with Crippen molar-refractivity contribution in [3.8, 4) is 0 Å². The SMILES string of the molecule is CC(C)CCSc1ccc(N)c2cccnc12. The number of pyridine rings is 1. The first-order valence-electron chi connectivity index (χ1n) is 5.94. The van der Waals surface area contributed by atoms with E-state index in [4.69, 9.17) is 5.73 Å². The molecule has 0 saturated heterocycles. The van der Waals surface area contributed by atoms with E-state index in [1.54, 1.807) is 0 Å². The van der Waals surface area contributed by atoms with E-state index >= 15 is 0 Å². The van der Waals surface area contributed by atoms with Gasteiger partial charge in [-0.25, -0.2) is 0 Å². The van der Waals surface area contributed by atoms with E-state index in [9.17, 15) is 0 Å². The molecule has 1 aromatic heterocycles. The van der Waals surface area contributed by atoms with Gasteiger partial charge in [-0.15, -0.1) is 11.8 Å². The molecule has 0 saturated carbocycles. The van der Waals surface area contributed by atoms with E-state index in [1.165, 1.54) is 11.3 Å². The van der Waals surface area contributed by atoms with Crippen molar-refractivity contribution in [1.29, 1.82) is 0 Å². The quantitative estimate of drug-likeness (QED) is 0.655. The molecule has 0 radical (unpaired) electrons. The zero-order chi connectivity index (χ0) is 12.3. The van der Waals surface area contributed by atoms with Crippen molar-refractivity contribution in [2.75, 3.05) is 11.5 Å². The zero-order valence-corrected chi connectivity index (χ0v) is 11.1. The number of anilines is 1. The van der Waals surface area contributed by atoms with Gasteiger partial charge < -0.3 is 5.73 Å². The summed E-state index contributed by atoms with van der Waals surface area (Å²) in [6.45, 7) is 4.50. The van der Waals surface area contributed by atoms with Crippen molar-refractivity contribution < 1.29 is 0 Å². The maximum Gasteiger partial charge on any atom is 0.0858 e. The average molecular weight is 246 g/mol. The van der Waals surface area contributed by atoms with Crippen LogP contribution in [-0.2, 0) is 0 Å². The molecule has 0 spiro atoms. The van der Waals surface area contributed by atoms with Gasteiger partial charge in [0.2, 0.25) is 0 Å². The van der Waals surface area contributed by atoms with E-state index < -0.39 is 0 Å². The van der Waals surface area contributed by atoms with Crippen molar-refractivity contribution in [2.24, 2.45) is 5.92 Å². The lowest BCUT2D eigenvalue weighted by Crippen LogP contribution is -1.92. The number of aromatic nitrogens is 1. The number of nitrogens with two attached hydrogens (primary N) is 1. The minimum absolute atomic E-state index is 0.746. The Bertz CT molecular complexity index is 509. The van der Waals surface area contributed by atoms with Gasteiger partial charge in [-0.3, -0.25) is 4.98 Å². The average Bonchev–Trinajstić information content (AvgIpc) is 2.32. The first-order chi connectivity index (χ1) is 8.18. The standard InChI is InChI=1S/C14H18N2S/c1-10(2)7-9-17-13-6-5-12(15)11-4-3-8-16-14(11)13/h3-6,8,10H,7,9,15H2,1-2H3. The molecule has 2 N–H and O–H groups in total. The van der Waals surface area contributed by atoms with Gasteiger partial charge in [0, 0.05) is 22.2 Å². The summed E-state index contributed by atoms with van der Waals surface area (Å²) in [6.07, 6.45) is 3.05. The fourth-order valence-electron chi connectivity index (χ4n) is 1.69. The van der Waals surface area contributed by atoms with Crippen LogP contribution in [0.5, 0.6) is 0 Å². The molecule has 0 fully saturated rings. The lowest BCUT2D eigenvalue weighted by molar-refractivity contribution is 0.632. The molecule has 17 heavy (non-hydrogen) atoms. The van der Waals surface area contributed by atoms with Crippen molar-refractivity contribution in [1.82, 2.24) is 4.98 Å². The lowest BCUT2D eigenvalue weighted by Gasteiger charge is -2.08. The summed E-state index contributed by atoms with van der Waals surface area (Å²) in [4.78, 5) is 5.67. The van der Waals surface area contributed by atoms with Gasteiger partial charge in [0.05, 0.1) is 5.52 Å². The third kappa shape index (κ3) is 2.91. The number of thioether (sulfide) groups is 1. The van der Waals surface area contributed by atoms with E-state index in [1.807, 2.05) is 36.2 Å². The Morgan fingerprint density at radius 1 is 1.29 bits per heavy atom. The summed E-state index contributed by atoms with van der Waals surface area (Å²) in [7, 11) is 0. The molecular formula is C14H18N2S. The fraction of sp³-hybridized carbons (Fsp3) is 0.357. The van der Waals surface area contributed by atoms with Gasteiger partial charge in [0.1, 0.15) is 0 Å². The van der Waals surface area contributed by atoms with Crippen LogP contribution in [-0.4, -0.2) is 10.7 Å². The summed E-state index contributed by atoms with van der Waals surface area (Å²) in [5.74, 6) is 1.88. The molecule has 2 rings (SSSR count). The van der Waals surface area contributed by atoms with Crippen LogP contribution in [0.1, 0.15) is 20.3 Å². The number of hydrogen-bond donors (Lipinski definition) is 1. The Labute approximate surface area is 107 Å². The van der Waals surface area contributed by atoms with Crippen LogP contribution in [0.4, 0.5) is 5.69 Å². The van der Waals surface area contributed by atoms with Crippen molar-refractivity contribution in [3.05, 3.63) is 30.5 Å². The second-order valence-electron chi connectivity index (χ2n) is 4.58. The van der Waals surface area contributed by atoms with Gasteiger partial charge in [0.15, 0.2) is 0 Å². The minimum atomic E-state index is 0.746. The van der Waals surface area contributed by atoms with Gasteiger partial charge in [0.25, 0.3) is 0 Å². The molecule has 2 nitrogen and oxygen atoms in total. The molecule has 1 heterocycles. The number of benzene rings is 1. The Hall–Kier alpha value is -1.22. The number of nitrogen functional groups attached to an aromatic ring is 1. The van der Waals surface area contributed by atoms with E-state index in [0.717, 1.165) is 28.3 Å². The molecule has 2 aromatic rings. The molecular weight excluding hydrogens is 228 g/mol. The van der Waals surface area contributed by atoms with Crippen molar-refractivity contribution >= 4 is 28.4 Å². The first-order valence-corrected chi connectivity index (χ1v) is 6.93. The maximum absolute atomic E-state index is 5.95. The van der Waals surface area contributed by atoms with Crippen LogP contribution < -0.4 is 5.73 Å². The minimum Gasteiger partial charge on any atom is -0.398 e. The van der Waals surface area contributed by atoms with Crippen molar-refractivity contribution in [2.45, 2.75) is 25.2 Å². The van der Waals surface area contributed by atoms with Crippen LogP contribution in [0.25, 0.3) is 10.9 Å². The highest BCUT2D eigenvalue weighted by Gasteiger charge is 2.05. The predicted molar refractivity (Wildman–Crippen MR) is 76.3 cm³/mol. The zero-order valence-electron chi connectivity index (χ0n) is 10.3.